The zero-order valence-electron chi connectivity index (χ0n) is 10.1. The number of benzene rings is 1. The van der Waals surface area contributed by atoms with E-state index in [0.717, 1.165) is 5.56 Å². The van der Waals surface area contributed by atoms with Crippen LogP contribution in [0.3, 0.4) is 0 Å². The Kier molecular flexibility index (Phi) is 5.25. The number of carbonyl (C=O) groups excluding carboxylic acids is 1. The first kappa shape index (κ1) is 13.8. The van der Waals surface area contributed by atoms with E-state index in [-0.39, 0.29) is 5.97 Å². The minimum Gasteiger partial charge on any atom is -0.492 e. The van der Waals surface area contributed by atoms with Crippen LogP contribution in [-0.2, 0) is 9.53 Å². The molecule has 1 atom stereocenters. The summed E-state index contributed by atoms with van der Waals surface area (Å²) in [4.78, 5) is 11.5. The number of nitrogens with one attached hydrogen (secondary N) is 1. The highest BCUT2D eigenvalue weighted by molar-refractivity contribution is 6.32. The van der Waals surface area contributed by atoms with Crippen molar-refractivity contribution in [3.8, 4) is 5.75 Å². The molecule has 1 unspecified atom stereocenters. The topological polar surface area (TPSA) is 47.6 Å². The Hall–Kier alpha value is -1.26. The molecule has 0 saturated heterocycles. The van der Waals surface area contributed by atoms with Gasteiger partial charge in [-0.05, 0) is 31.7 Å². The highest BCUT2D eigenvalue weighted by Crippen LogP contribution is 2.28. The van der Waals surface area contributed by atoms with Gasteiger partial charge >= 0.3 is 5.97 Å². The van der Waals surface area contributed by atoms with Gasteiger partial charge in [-0.3, -0.25) is 0 Å². The predicted molar refractivity (Wildman–Crippen MR) is 66.4 cm³/mol. The zero-order valence-corrected chi connectivity index (χ0v) is 10.9. The van der Waals surface area contributed by atoms with Gasteiger partial charge in [-0.1, -0.05) is 17.7 Å². The Morgan fingerprint density at radius 3 is 2.71 bits per heavy atom. The summed E-state index contributed by atoms with van der Waals surface area (Å²) < 4.78 is 10.0. The molecule has 5 heteroatoms. The molecule has 0 fully saturated rings. The first-order chi connectivity index (χ1) is 8.13. The van der Waals surface area contributed by atoms with Crippen LogP contribution in [0.2, 0.25) is 5.02 Å². The lowest BCUT2D eigenvalue weighted by atomic mass is 10.1. The van der Waals surface area contributed by atoms with Crippen LogP contribution < -0.4 is 10.1 Å². The maximum Gasteiger partial charge on any atom is 0.327 e. The van der Waals surface area contributed by atoms with Crippen molar-refractivity contribution in [3.63, 3.8) is 0 Å². The van der Waals surface area contributed by atoms with Gasteiger partial charge in [0.2, 0.25) is 0 Å². The van der Waals surface area contributed by atoms with Crippen molar-refractivity contribution in [1.82, 2.24) is 5.32 Å². The Labute approximate surface area is 106 Å². The third kappa shape index (κ3) is 3.35. The fraction of sp³-hybridized carbons (Fsp3) is 0.417. The second-order valence-electron chi connectivity index (χ2n) is 3.37. The summed E-state index contributed by atoms with van der Waals surface area (Å²) in [6.07, 6.45) is 0. The summed E-state index contributed by atoms with van der Waals surface area (Å²) in [5.41, 5.74) is 0.743. The summed E-state index contributed by atoms with van der Waals surface area (Å²) in [6.45, 7) is 2.43. The van der Waals surface area contributed by atoms with Crippen LogP contribution in [0.15, 0.2) is 18.2 Å². The van der Waals surface area contributed by atoms with Gasteiger partial charge in [0.15, 0.2) is 0 Å². The number of likely N-dealkylation sites (N-methyl/N-ethyl adjacent to an activating group) is 1. The lowest BCUT2D eigenvalue weighted by molar-refractivity contribution is -0.143. The van der Waals surface area contributed by atoms with Crippen LogP contribution in [0, 0.1) is 0 Å². The van der Waals surface area contributed by atoms with E-state index in [9.17, 15) is 4.79 Å². The molecule has 0 amide bonds. The number of esters is 1. The quantitative estimate of drug-likeness (QED) is 0.822. The maximum atomic E-state index is 11.5. The van der Waals surface area contributed by atoms with Crippen LogP contribution in [0.1, 0.15) is 18.5 Å². The number of halogens is 1. The molecule has 4 nitrogen and oxygen atoms in total. The van der Waals surface area contributed by atoms with Gasteiger partial charge in [0.1, 0.15) is 11.8 Å². The molecule has 0 aliphatic carbocycles. The van der Waals surface area contributed by atoms with E-state index in [2.05, 4.69) is 5.32 Å². The molecule has 1 rings (SSSR count). The van der Waals surface area contributed by atoms with Crippen molar-refractivity contribution in [2.75, 3.05) is 20.8 Å². The zero-order chi connectivity index (χ0) is 12.8. The third-order valence-electron chi connectivity index (χ3n) is 2.31. The third-order valence-corrected chi connectivity index (χ3v) is 2.61. The molecule has 0 saturated carbocycles. The van der Waals surface area contributed by atoms with Gasteiger partial charge in [-0.25, -0.2) is 4.79 Å². The van der Waals surface area contributed by atoms with Crippen molar-refractivity contribution in [2.45, 2.75) is 13.0 Å². The van der Waals surface area contributed by atoms with E-state index in [0.29, 0.717) is 17.4 Å². The van der Waals surface area contributed by atoms with E-state index < -0.39 is 6.04 Å². The molecule has 1 aromatic rings. The Balaban J connectivity index is 2.98. The average molecular weight is 258 g/mol. The van der Waals surface area contributed by atoms with Crippen LogP contribution in [-0.4, -0.2) is 26.7 Å². The fourth-order valence-corrected chi connectivity index (χ4v) is 1.75. The number of methoxy groups -OCH3 is 1. The normalized spacial score (nSPS) is 12.0. The molecule has 0 aromatic heterocycles. The van der Waals surface area contributed by atoms with Crippen molar-refractivity contribution in [2.24, 2.45) is 0 Å². The highest BCUT2D eigenvalue weighted by Gasteiger charge is 2.20. The van der Waals surface area contributed by atoms with Gasteiger partial charge in [-0.2, -0.15) is 0 Å². The van der Waals surface area contributed by atoms with E-state index in [1.807, 2.05) is 6.92 Å². The Bertz CT molecular complexity index is 395. The molecule has 0 spiro atoms. The highest BCUT2D eigenvalue weighted by atomic mass is 35.5. The van der Waals surface area contributed by atoms with Crippen LogP contribution in [0.5, 0.6) is 5.75 Å². The number of hydrogen-bond acceptors (Lipinski definition) is 4. The Morgan fingerprint density at radius 1 is 1.53 bits per heavy atom. The number of ether oxygens (including phenoxy) is 2. The molecule has 0 aliphatic heterocycles. The monoisotopic (exact) mass is 257 g/mol. The molecule has 1 aromatic carbocycles. The lowest BCUT2D eigenvalue weighted by Gasteiger charge is -2.15. The fourth-order valence-electron chi connectivity index (χ4n) is 1.51. The van der Waals surface area contributed by atoms with Crippen molar-refractivity contribution < 1.29 is 14.3 Å². The molecule has 1 N–H and O–H groups in total. The first-order valence-corrected chi connectivity index (χ1v) is 5.69. The molecule has 0 aliphatic rings. The summed E-state index contributed by atoms with van der Waals surface area (Å²) in [5.74, 6) is 0.255. The van der Waals surface area contributed by atoms with E-state index >= 15 is 0 Å². The van der Waals surface area contributed by atoms with Crippen molar-refractivity contribution in [3.05, 3.63) is 28.8 Å². The molecular formula is C12H16ClNO3. The average Bonchev–Trinajstić information content (AvgIpc) is 2.33. The molecule has 0 heterocycles. The van der Waals surface area contributed by atoms with Crippen LogP contribution in [0.25, 0.3) is 0 Å². The predicted octanol–water partition coefficient (Wildman–Crippen LogP) is 2.17. The first-order valence-electron chi connectivity index (χ1n) is 5.31. The molecule has 94 valence electrons. The van der Waals surface area contributed by atoms with Crippen LogP contribution >= 0.6 is 11.6 Å². The molecule has 0 radical (unpaired) electrons. The van der Waals surface area contributed by atoms with E-state index in [4.69, 9.17) is 21.1 Å². The molecular weight excluding hydrogens is 242 g/mol. The van der Waals surface area contributed by atoms with Gasteiger partial charge in [0, 0.05) is 0 Å². The lowest BCUT2D eigenvalue weighted by Crippen LogP contribution is -2.26. The standard InChI is InChI=1S/C12H16ClNO3/c1-4-17-10-6-5-8(7-9(10)13)11(14-2)12(15)16-3/h5-7,11,14H,4H2,1-3H3. The van der Waals surface area contributed by atoms with Gasteiger partial charge in [0.25, 0.3) is 0 Å². The van der Waals surface area contributed by atoms with Gasteiger partial charge in [-0.15, -0.1) is 0 Å². The molecule has 17 heavy (non-hydrogen) atoms. The summed E-state index contributed by atoms with van der Waals surface area (Å²) >= 11 is 6.05. The molecule has 0 bridgehead atoms. The number of rotatable bonds is 5. The SMILES string of the molecule is CCOc1ccc(C(NC)C(=O)OC)cc1Cl. The van der Waals surface area contributed by atoms with Crippen LogP contribution in [0.4, 0.5) is 0 Å². The van der Waals surface area contributed by atoms with Gasteiger partial charge < -0.3 is 14.8 Å². The smallest absolute Gasteiger partial charge is 0.327 e. The van der Waals surface area contributed by atoms with E-state index in [1.54, 1.807) is 25.2 Å². The summed E-state index contributed by atoms with van der Waals surface area (Å²) in [6, 6.07) is 4.71. The second kappa shape index (κ2) is 6.47. The maximum absolute atomic E-state index is 11.5. The van der Waals surface area contributed by atoms with Gasteiger partial charge in [0.05, 0.1) is 18.7 Å². The van der Waals surface area contributed by atoms with E-state index in [1.165, 1.54) is 7.11 Å². The summed E-state index contributed by atoms with van der Waals surface area (Å²) in [7, 11) is 3.04. The minimum absolute atomic E-state index is 0.354. The summed E-state index contributed by atoms with van der Waals surface area (Å²) in [5, 5.41) is 3.35. The number of carbonyl (C=O) groups is 1. The largest absolute Gasteiger partial charge is 0.492 e. The van der Waals surface area contributed by atoms with Crippen molar-refractivity contribution >= 4 is 17.6 Å². The Morgan fingerprint density at radius 2 is 2.24 bits per heavy atom. The second-order valence-corrected chi connectivity index (χ2v) is 3.77. The minimum atomic E-state index is -0.520. The van der Waals surface area contributed by atoms with Crippen molar-refractivity contribution in [1.29, 1.82) is 0 Å². The number of hydrogen-bond donors (Lipinski definition) is 1.